The monoisotopic (exact) mass is 388 g/mol. The molecule has 0 bridgehead atoms. The van der Waals surface area contributed by atoms with Crippen molar-refractivity contribution in [3.8, 4) is 5.75 Å². The molecule has 0 aliphatic heterocycles. The summed E-state index contributed by atoms with van der Waals surface area (Å²) in [6.07, 6.45) is 2.74. The van der Waals surface area contributed by atoms with Crippen molar-refractivity contribution in [3.63, 3.8) is 0 Å². The van der Waals surface area contributed by atoms with Crippen molar-refractivity contribution in [3.05, 3.63) is 45.8 Å². The van der Waals surface area contributed by atoms with Gasteiger partial charge in [0.05, 0.1) is 25.3 Å². The molecule has 7 nitrogen and oxygen atoms in total. The Hall–Kier alpha value is -2.87. The average Bonchev–Trinajstić information content (AvgIpc) is 3.05. The Bertz CT molecular complexity index is 890. The van der Waals surface area contributed by atoms with E-state index >= 15 is 0 Å². The van der Waals surface area contributed by atoms with Gasteiger partial charge in [-0.25, -0.2) is 4.79 Å². The Kier molecular flexibility index (Phi) is 5.75. The first-order valence-electron chi connectivity index (χ1n) is 8.53. The fourth-order valence-electron chi connectivity index (χ4n) is 3.10. The summed E-state index contributed by atoms with van der Waals surface area (Å²) in [5.41, 5.74) is 1.59. The van der Waals surface area contributed by atoms with Gasteiger partial charge in [-0.05, 0) is 43.4 Å². The van der Waals surface area contributed by atoms with Crippen LogP contribution in [0.1, 0.15) is 44.0 Å². The molecule has 0 saturated carbocycles. The number of imide groups is 1. The van der Waals surface area contributed by atoms with Crippen LogP contribution in [0.3, 0.4) is 0 Å². The number of amides is 3. The summed E-state index contributed by atoms with van der Waals surface area (Å²) < 4.78 is 9.74. The Morgan fingerprint density at radius 1 is 1.04 bits per heavy atom. The lowest BCUT2D eigenvalue weighted by atomic mass is 9.95. The smallest absolute Gasteiger partial charge is 0.413 e. The molecule has 8 heteroatoms. The molecule has 3 rings (SSSR count). The number of nitrogens with one attached hydrogen (secondary N) is 2. The topological polar surface area (TPSA) is 93.7 Å². The van der Waals surface area contributed by atoms with Crippen LogP contribution in [0, 0.1) is 0 Å². The number of thiophene rings is 1. The van der Waals surface area contributed by atoms with E-state index in [1.807, 2.05) is 0 Å². The van der Waals surface area contributed by atoms with Crippen LogP contribution >= 0.6 is 11.3 Å². The van der Waals surface area contributed by atoms with Gasteiger partial charge in [0.2, 0.25) is 0 Å². The predicted molar refractivity (Wildman–Crippen MR) is 102 cm³/mol. The molecule has 0 radical (unpaired) electrons. The Labute approximate surface area is 160 Å². The second-order valence-corrected chi connectivity index (χ2v) is 7.12. The summed E-state index contributed by atoms with van der Waals surface area (Å²) in [5.74, 6) is -0.508. The molecule has 0 unspecified atom stereocenters. The van der Waals surface area contributed by atoms with Crippen LogP contribution in [0.5, 0.6) is 5.75 Å². The second-order valence-electron chi connectivity index (χ2n) is 6.02. The van der Waals surface area contributed by atoms with E-state index in [4.69, 9.17) is 4.74 Å². The van der Waals surface area contributed by atoms with E-state index in [1.54, 1.807) is 24.3 Å². The number of anilines is 1. The number of carbonyl (C=O) groups is 3. The number of fused-ring (bicyclic) bond motifs is 1. The van der Waals surface area contributed by atoms with E-state index in [9.17, 15) is 14.4 Å². The standard InChI is InChI=1S/C19H20N2O5S/c1-25-13-9-5-3-7-11(13)16(22)20-18-15(17(23)21-19(24)26-2)12-8-4-6-10-14(12)27-18/h3,5,7,9H,4,6,8,10H2,1-2H3,(H,20,22)(H,21,23,24). The van der Waals surface area contributed by atoms with Crippen LogP contribution in [0.15, 0.2) is 24.3 Å². The minimum atomic E-state index is -0.835. The first kappa shape index (κ1) is 18.9. The van der Waals surface area contributed by atoms with Gasteiger partial charge < -0.3 is 14.8 Å². The summed E-state index contributed by atoms with van der Waals surface area (Å²) >= 11 is 1.38. The highest BCUT2D eigenvalue weighted by molar-refractivity contribution is 7.17. The quantitative estimate of drug-likeness (QED) is 0.837. The summed E-state index contributed by atoms with van der Waals surface area (Å²) in [5, 5.41) is 5.44. The number of para-hydroxylation sites is 1. The highest BCUT2D eigenvalue weighted by atomic mass is 32.1. The molecule has 0 spiro atoms. The van der Waals surface area contributed by atoms with Gasteiger partial charge >= 0.3 is 6.09 Å². The van der Waals surface area contributed by atoms with Crippen molar-refractivity contribution in [1.82, 2.24) is 5.32 Å². The summed E-state index contributed by atoms with van der Waals surface area (Å²) in [6, 6.07) is 6.85. The van der Waals surface area contributed by atoms with Crippen LogP contribution in [0.25, 0.3) is 0 Å². The van der Waals surface area contributed by atoms with Crippen LogP contribution < -0.4 is 15.4 Å². The van der Waals surface area contributed by atoms with Gasteiger partial charge in [-0.2, -0.15) is 0 Å². The number of carbonyl (C=O) groups excluding carboxylic acids is 3. The molecule has 27 heavy (non-hydrogen) atoms. The molecule has 142 valence electrons. The number of alkyl carbamates (subject to hydrolysis) is 1. The highest BCUT2D eigenvalue weighted by Crippen LogP contribution is 2.38. The van der Waals surface area contributed by atoms with Crippen molar-refractivity contribution in [2.75, 3.05) is 19.5 Å². The number of hydrogen-bond donors (Lipinski definition) is 2. The molecule has 1 heterocycles. The molecule has 1 aliphatic rings. The van der Waals surface area contributed by atoms with Crippen LogP contribution in [0.4, 0.5) is 9.80 Å². The molecule has 1 aliphatic carbocycles. The van der Waals surface area contributed by atoms with E-state index in [-0.39, 0.29) is 5.91 Å². The third kappa shape index (κ3) is 3.95. The maximum atomic E-state index is 12.8. The number of ether oxygens (including phenoxy) is 2. The molecule has 0 fully saturated rings. The van der Waals surface area contributed by atoms with E-state index in [2.05, 4.69) is 15.4 Å². The van der Waals surface area contributed by atoms with Gasteiger partial charge in [0.25, 0.3) is 11.8 Å². The van der Waals surface area contributed by atoms with Crippen LogP contribution in [0.2, 0.25) is 0 Å². The number of methoxy groups -OCH3 is 2. The maximum Gasteiger partial charge on any atom is 0.413 e. The zero-order valence-corrected chi connectivity index (χ0v) is 15.9. The van der Waals surface area contributed by atoms with Crippen molar-refractivity contribution < 1.29 is 23.9 Å². The minimum Gasteiger partial charge on any atom is -0.496 e. The van der Waals surface area contributed by atoms with E-state index in [1.165, 1.54) is 25.6 Å². The first-order valence-corrected chi connectivity index (χ1v) is 9.35. The highest BCUT2D eigenvalue weighted by Gasteiger charge is 2.28. The van der Waals surface area contributed by atoms with Crippen molar-refractivity contribution in [2.24, 2.45) is 0 Å². The Morgan fingerprint density at radius 3 is 2.52 bits per heavy atom. The van der Waals surface area contributed by atoms with Crippen LogP contribution in [-0.2, 0) is 17.6 Å². The lowest BCUT2D eigenvalue weighted by Crippen LogP contribution is -2.31. The molecule has 3 amide bonds. The Morgan fingerprint density at radius 2 is 1.78 bits per heavy atom. The normalized spacial score (nSPS) is 12.7. The molecular formula is C19H20N2O5S. The molecule has 2 N–H and O–H groups in total. The number of aryl methyl sites for hydroxylation is 1. The maximum absolute atomic E-state index is 12.8. The Balaban J connectivity index is 1.95. The number of benzene rings is 1. The SMILES string of the molecule is COC(=O)NC(=O)c1c(NC(=O)c2ccccc2OC)sc2c1CCCC2. The molecule has 2 aromatic rings. The second kappa shape index (κ2) is 8.22. The molecule has 0 atom stereocenters. The number of rotatable bonds is 4. The fraction of sp³-hybridized carbons (Fsp3) is 0.316. The first-order chi connectivity index (χ1) is 13.0. The van der Waals surface area contributed by atoms with Crippen molar-refractivity contribution >= 4 is 34.2 Å². The lowest BCUT2D eigenvalue weighted by Gasteiger charge is -2.13. The zero-order chi connectivity index (χ0) is 19.4. The van der Waals surface area contributed by atoms with Gasteiger partial charge in [0.1, 0.15) is 10.8 Å². The van der Waals surface area contributed by atoms with Crippen LogP contribution in [-0.4, -0.2) is 32.1 Å². The lowest BCUT2D eigenvalue weighted by molar-refractivity contribution is 0.0937. The fourth-order valence-corrected chi connectivity index (χ4v) is 4.38. The van der Waals surface area contributed by atoms with Gasteiger partial charge in [-0.1, -0.05) is 12.1 Å². The van der Waals surface area contributed by atoms with Crippen molar-refractivity contribution in [2.45, 2.75) is 25.7 Å². The van der Waals surface area contributed by atoms with E-state index in [0.717, 1.165) is 36.1 Å². The third-order valence-corrected chi connectivity index (χ3v) is 5.59. The van der Waals surface area contributed by atoms with E-state index < -0.39 is 12.0 Å². The predicted octanol–water partition coefficient (Wildman–Crippen LogP) is 3.38. The van der Waals surface area contributed by atoms with Gasteiger partial charge in [0.15, 0.2) is 0 Å². The molecule has 1 aromatic carbocycles. The van der Waals surface area contributed by atoms with Crippen molar-refractivity contribution in [1.29, 1.82) is 0 Å². The minimum absolute atomic E-state index is 0.336. The van der Waals surface area contributed by atoms with Gasteiger partial charge in [-0.15, -0.1) is 11.3 Å². The largest absolute Gasteiger partial charge is 0.496 e. The average molecular weight is 388 g/mol. The molecular weight excluding hydrogens is 368 g/mol. The number of hydrogen-bond acceptors (Lipinski definition) is 6. The summed E-state index contributed by atoms with van der Waals surface area (Å²) in [6.45, 7) is 0. The third-order valence-electron chi connectivity index (χ3n) is 4.38. The van der Waals surface area contributed by atoms with Gasteiger partial charge in [-0.3, -0.25) is 14.9 Å². The molecule has 0 saturated heterocycles. The molecule has 1 aromatic heterocycles. The summed E-state index contributed by atoms with van der Waals surface area (Å²) in [7, 11) is 2.68. The zero-order valence-electron chi connectivity index (χ0n) is 15.1. The van der Waals surface area contributed by atoms with Gasteiger partial charge in [0, 0.05) is 4.88 Å². The summed E-state index contributed by atoms with van der Waals surface area (Å²) in [4.78, 5) is 37.9. The van der Waals surface area contributed by atoms with E-state index in [0.29, 0.717) is 21.9 Å².